The fraction of sp³-hybridized carbons (Fsp3) is 0. The van der Waals surface area contributed by atoms with Crippen molar-refractivity contribution >= 4 is 0 Å². The maximum absolute atomic E-state index is 5.34. The molecule has 122 valence electrons. The summed E-state index contributed by atoms with van der Waals surface area (Å²) >= 11 is 0. The number of oxazole rings is 1. The molecule has 0 N–H and O–H groups in total. The van der Waals surface area contributed by atoms with Crippen molar-refractivity contribution in [2.45, 2.75) is 0 Å². The van der Waals surface area contributed by atoms with Crippen LogP contribution in [0.4, 0.5) is 0 Å². The lowest BCUT2D eigenvalue weighted by Crippen LogP contribution is -2.05. The summed E-state index contributed by atoms with van der Waals surface area (Å²) in [6.45, 7) is 0. The second-order valence-corrected chi connectivity index (χ2v) is 5.03. The van der Waals surface area contributed by atoms with E-state index in [0.717, 1.165) is 5.82 Å². The summed E-state index contributed by atoms with van der Waals surface area (Å²) in [6.07, 6.45) is 11.5. The van der Waals surface area contributed by atoms with Gasteiger partial charge in [-0.2, -0.15) is 14.5 Å². The van der Waals surface area contributed by atoms with Gasteiger partial charge in [0.25, 0.3) is 0 Å². The Morgan fingerprint density at radius 3 is 2.84 bits per heavy atom. The van der Waals surface area contributed by atoms with Crippen molar-refractivity contribution in [3.63, 3.8) is 0 Å². The van der Waals surface area contributed by atoms with Gasteiger partial charge >= 0.3 is 6.01 Å². The first-order valence-electron chi connectivity index (χ1n) is 7.29. The number of rotatable bonds is 4. The monoisotopic (exact) mass is 334 g/mol. The van der Waals surface area contributed by atoms with E-state index in [2.05, 4.69) is 30.5 Å². The zero-order chi connectivity index (χ0) is 16.6. The lowest BCUT2D eigenvalue weighted by atomic mass is 10.6. The summed E-state index contributed by atoms with van der Waals surface area (Å²) in [5.41, 5.74) is 0. The molecule has 0 saturated carbocycles. The van der Waals surface area contributed by atoms with Crippen molar-refractivity contribution in [1.82, 2.24) is 49.1 Å². The van der Waals surface area contributed by atoms with Crippen LogP contribution in [0.3, 0.4) is 0 Å². The van der Waals surface area contributed by atoms with E-state index >= 15 is 0 Å². The van der Waals surface area contributed by atoms with Gasteiger partial charge in [-0.15, -0.1) is 10.2 Å². The molecule has 0 radical (unpaired) electrons. The molecule has 5 rings (SSSR count). The normalized spacial score (nSPS) is 11.2. The van der Waals surface area contributed by atoms with E-state index in [1.807, 2.05) is 30.6 Å². The number of aromatic nitrogens is 10. The molecule has 5 heterocycles. The third-order valence-electron chi connectivity index (χ3n) is 3.53. The molecule has 0 bridgehead atoms. The van der Waals surface area contributed by atoms with Gasteiger partial charge in [0.15, 0.2) is 11.6 Å². The highest BCUT2D eigenvalue weighted by Gasteiger charge is 2.12. The van der Waals surface area contributed by atoms with Gasteiger partial charge in [0.2, 0.25) is 0 Å². The van der Waals surface area contributed by atoms with E-state index in [1.165, 1.54) is 17.3 Å². The van der Waals surface area contributed by atoms with Gasteiger partial charge in [-0.05, 0) is 12.1 Å². The van der Waals surface area contributed by atoms with E-state index in [4.69, 9.17) is 4.42 Å². The maximum Gasteiger partial charge on any atom is 0.307 e. The van der Waals surface area contributed by atoms with Crippen LogP contribution in [0.2, 0.25) is 0 Å². The van der Waals surface area contributed by atoms with Crippen LogP contribution in [0.5, 0.6) is 0 Å². The number of nitrogens with zero attached hydrogens (tertiary/aromatic N) is 10. The molecule has 5 aromatic heterocycles. The molecule has 25 heavy (non-hydrogen) atoms. The van der Waals surface area contributed by atoms with Gasteiger partial charge in [-0.25, -0.2) is 14.6 Å². The highest BCUT2D eigenvalue weighted by molar-refractivity contribution is 5.33. The maximum atomic E-state index is 5.34. The fourth-order valence-electron chi connectivity index (χ4n) is 2.42. The Morgan fingerprint density at radius 1 is 1.00 bits per heavy atom. The first kappa shape index (κ1) is 13.4. The van der Waals surface area contributed by atoms with Crippen molar-refractivity contribution in [3.8, 4) is 23.5 Å². The van der Waals surface area contributed by atoms with E-state index in [1.54, 1.807) is 32.7 Å². The molecule has 5 aromatic rings. The highest BCUT2D eigenvalue weighted by Crippen LogP contribution is 2.16. The van der Waals surface area contributed by atoms with Gasteiger partial charge in [0.1, 0.15) is 24.7 Å². The Labute approximate surface area is 139 Å². The van der Waals surface area contributed by atoms with E-state index in [9.17, 15) is 0 Å². The Kier molecular flexibility index (Phi) is 2.83. The largest absolute Gasteiger partial charge is 0.432 e. The third-order valence-corrected chi connectivity index (χ3v) is 3.53. The summed E-state index contributed by atoms with van der Waals surface area (Å²) in [7, 11) is 0. The molecule has 0 unspecified atom stereocenters. The molecule has 0 aliphatic carbocycles. The minimum absolute atomic E-state index is 0.464. The molecular formula is C14H10N10O. The molecule has 11 nitrogen and oxygen atoms in total. The summed E-state index contributed by atoms with van der Waals surface area (Å²) in [5.74, 6) is 1.94. The second kappa shape index (κ2) is 5.26. The highest BCUT2D eigenvalue weighted by atomic mass is 16.4. The summed E-state index contributed by atoms with van der Waals surface area (Å²) in [4.78, 5) is 8.04. The molecule has 0 saturated heterocycles. The average molecular weight is 334 g/mol. The van der Waals surface area contributed by atoms with Crippen molar-refractivity contribution in [3.05, 3.63) is 61.9 Å². The standard InChI is InChI=1S/C14H10N10O/c1-2-13(21(5-1)14-16-4-7-25-14)22-6-3-11(19-22)23-8-12(18-20-23)24-10-15-9-17-24/h1-10H. The predicted molar refractivity (Wildman–Crippen MR) is 82.8 cm³/mol. The Balaban J connectivity index is 1.50. The topological polar surface area (TPSA) is 110 Å². The molecule has 11 heteroatoms. The van der Waals surface area contributed by atoms with Crippen LogP contribution in [-0.2, 0) is 0 Å². The molecule has 0 aliphatic heterocycles. The van der Waals surface area contributed by atoms with Crippen LogP contribution in [0.25, 0.3) is 23.5 Å². The molecular weight excluding hydrogens is 324 g/mol. The van der Waals surface area contributed by atoms with Crippen molar-refractivity contribution in [2.24, 2.45) is 0 Å². The van der Waals surface area contributed by atoms with Gasteiger partial charge < -0.3 is 4.42 Å². The lowest BCUT2D eigenvalue weighted by molar-refractivity contribution is 0.523. The van der Waals surface area contributed by atoms with Gasteiger partial charge in [-0.1, -0.05) is 5.21 Å². The fourth-order valence-corrected chi connectivity index (χ4v) is 2.42. The minimum atomic E-state index is 0.464. The van der Waals surface area contributed by atoms with Crippen LogP contribution < -0.4 is 0 Å². The van der Waals surface area contributed by atoms with Crippen LogP contribution in [-0.4, -0.2) is 49.1 Å². The van der Waals surface area contributed by atoms with Crippen molar-refractivity contribution < 1.29 is 4.42 Å². The van der Waals surface area contributed by atoms with Crippen molar-refractivity contribution in [1.29, 1.82) is 0 Å². The molecule has 0 spiro atoms. The predicted octanol–water partition coefficient (Wildman–Crippen LogP) is 0.812. The first-order chi connectivity index (χ1) is 12.4. The minimum Gasteiger partial charge on any atom is -0.432 e. The summed E-state index contributed by atoms with van der Waals surface area (Å²) in [6, 6.07) is 6.08. The average Bonchev–Trinajstić information content (AvgIpc) is 3.48. The molecule has 0 amide bonds. The summed E-state index contributed by atoms with van der Waals surface area (Å²) in [5, 5.41) is 16.7. The Bertz CT molecular complexity index is 1100. The summed E-state index contributed by atoms with van der Waals surface area (Å²) < 4.78 is 11.9. The SMILES string of the molecule is c1cc(-n2ccc(-n3cc(-n4cncn4)nn3)n2)n(-c2ncco2)c1. The molecule has 0 aliphatic rings. The molecule has 0 aromatic carbocycles. The van der Waals surface area contributed by atoms with E-state index in [0.29, 0.717) is 17.7 Å². The van der Waals surface area contributed by atoms with Gasteiger partial charge in [-0.3, -0.25) is 4.57 Å². The smallest absolute Gasteiger partial charge is 0.307 e. The number of hydrogen-bond donors (Lipinski definition) is 0. The van der Waals surface area contributed by atoms with Crippen LogP contribution in [0.15, 0.2) is 66.3 Å². The second-order valence-electron chi connectivity index (χ2n) is 5.03. The van der Waals surface area contributed by atoms with Gasteiger partial charge in [0.05, 0.1) is 12.4 Å². The van der Waals surface area contributed by atoms with E-state index < -0.39 is 0 Å². The van der Waals surface area contributed by atoms with Crippen LogP contribution in [0.1, 0.15) is 0 Å². The number of hydrogen-bond acceptors (Lipinski definition) is 7. The Hall–Kier alpha value is -4.02. The molecule has 0 atom stereocenters. The lowest BCUT2D eigenvalue weighted by Gasteiger charge is -2.04. The van der Waals surface area contributed by atoms with Crippen LogP contribution >= 0.6 is 0 Å². The molecule has 0 fully saturated rings. The van der Waals surface area contributed by atoms with Crippen LogP contribution in [0, 0.1) is 0 Å². The zero-order valence-corrected chi connectivity index (χ0v) is 12.7. The quantitative estimate of drug-likeness (QED) is 0.478. The first-order valence-corrected chi connectivity index (χ1v) is 7.29. The zero-order valence-electron chi connectivity index (χ0n) is 12.7. The van der Waals surface area contributed by atoms with Gasteiger partial charge in [0, 0.05) is 18.5 Å². The third kappa shape index (κ3) is 2.22. The Morgan fingerprint density at radius 2 is 2.00 bits per heavy atom. The van der Waals surface area contributed by atoms with Crippen molar-refractivity contribution in [2.75, 3.05) is 0 Å². The van der Waals surface area contributed by atoms with E-state index in [-0.39, 0.29) is 0 Å².